The zero-order chi connectivity index (χ0) is 12.9. The maximum absolute atomic E-state index is 12.9. The summed E-state index contributed by atoms with van der Waals surface area (Å²) < 4.78 is 17.6. The van der Waals surface area contributed by atoms with E-state index in [1.54, 1.807) is 12.1 Å². The average Bonchev–Trinajstić information content (AvgIpc) is 2.37. The Kier molecular flexibility index (Phi) is 4.63. The topological polar surface area (TPSA) is 52.3 Å². The SMILES string of the molecule is CCC(CN)(CC(=O)OC)c1ccc(F)cc1. The maximum atomic E-state index is 12.9. The summed E-state index contributed by atoms with van der Waals surface area (Å²) in [4.78, 5) is 11.4. The van der Waals surface area contributed by atoms with Gasteiger partial charge in [-0.05, 0) is 24.1 Å². The Morgan fingerprint density at radius 3 is 2.41 bits per heavy atom. The third-order valence-electron chi connectivity index (χ3n) is 3.23. The fraction of sp³-hybridized carbons (Fsp3) is 0.462. The lowest BCUT2D eigenvalue weighted by Gasteiger charge is -2.30. The van der Waals surface area contributed by atoms with Crippen LogP contribution < -0.4 is 5.73 Å². The molecule has 0 aliphatic rings. The van der Waals surface area contributed by atoms with Crippen LogP contribution in [-0.4, -0.2) is 19.6 Å². The minimum Gasteiger partial charge on any atom is -0.469 e. The molecule has 0 bridgehead atoms. The molecule has 0 amide bonds. The highest BCUT2D eigenvalue weighted by molar-refractivity contribution is 5.71. The van der Waals surface area contributed by atoms with Crippen LogP contribution in [0.5, 0.6) is 0 Å². The summed E-state index contributed by atoms with van der Waals surface area (Å²) in [6.45, 7) is 2.28. The van der Waals surface area contributed by atoms with E-state index < -0.39 is 5.41 Å². The zero-order valence-corrected chi connectivity index (χ0v) is 10.2. The Balaban J connectivity index is 3.05. The van der Waals surface area contributed by atoms with Gasteiger partial charge in [0.1, 0.15) is 5.82 Å². The van der Waals surface area contributed by atoms with E-state index in [2.05, 4.69) is 4.74 Å². The predicted molar refractivity (Wildman–Crippen MR) is 64.1 cm³/mol. The van der Waals surface area contributed by atoms with E-state index in [1.807, 2.05) is 6.92 Å². The van der Waals surface area contributed by atoms with E-state index in [0.717, 1.165) is 5.56 Å². The Hall–Kier alpha value is -1.42. The van der Waals surface area contributed by atoms with Gasteiger partial charge in [-0.15, -0.1) is 0 Å². The molecular formula is C13H18FNO2. The number of methoxy groups -OCH3 is 1. The molecule has 0 heterocycles. The normalized spacial score (nSPS) is 14.1. The van der Waals surface area contributed by atoms with Gasteiger partial charge in [0.15, 0.2) is 0 Å². The van der Waals surface area contributed by atoms with Crippen molar-refractivity contribution in [1.82, 2.24) is 0 Å². The lowest BCUT2D eigenvalue weighted by Crippen LogP contribution is -2.37. The van der Waals surface area contributed by atoms with Gasteiger partial charge in [-0.1, -0.05) is 19.1 Å². The van der Waals surface area contributed by atoms with Crippen LogP contribution in [0.3, 0.4) is 0 Å². The molecule has 0 spiro atoms. The summed E-state index contributed by atoms with van der Waals surface area (Å²) in [6, 6.07) is 6.11. The van der Waals surface area contributed by atoms with Gasteiger partial charge in [-0.25, -0.2) is 4.39 Å². The molecule has 17 heavy (non-hydrogen) atoms. The summed E-state index contributed by atoms with van der Waals surface area (Å²) in [6.07, 6.45) is 0.909. The van der Waals surface area contributed by atoms with E-state index in [4.69, 9.17) is 5.73 Å². The quantitative estimate of drug-likeness (QED) is 0.799. The first kappa shape index (κ1) is 13.6. The molecule has 94 valence electrons. The number of ether oxygens (including phenoxy) is 1. The molecule has 1 unspecified atom stereocenters. The molecule has 0 saturated heterocycles. The second-order valence-corrected chi connectivity index (χ2v) is 4.10. The highest BCUT2D eigenvalue weighted by Gasteiger charge is 2.32. The van der Waals surface area contributed by atoms with Crippen molar-refractivity contribution >= 4 is 5.97 Å². The Labute approximate surface area is 101 Å². The van der Waals surface area contributed by atoms with E-state index >= 15 is 0 Å². The van der Waals surface area contributed by atoms with Crippen LogP contribution in [0.2, 0.25) is 0 Å². The van der Waals surface area contributed by atoms with Gasteiger partial charge < -0.3 is 10.5 Å². The summed E-state index contributed by atoms with van der Waals surface area (Å²) >= 11 is 0. The standard InChI is InChI=1S/C13H18FNO2/c1-3-13(9-15,8-12(16)17-2)10-4-6-11(14)7-5-10/h4-7H,3,8-9,15H2,1-2H3. The minimum absolute atomic E-state index is 0.210. The molecular weight excluding hydrogens is 221 g/mol. The third kappa shape index (κ3) is 3.03. The highest BCUT2D eigenvalue weighted by atomic mass is 19.1. The van der Waals surface area contributed by atoms with Crippen LogP contribution in [0.4, 0.5) is 4.39 Å². The summed E-state index contributed by atoms with van der Waals surface area (Å²) in [5, 5.41) is 0. The van der Waals surface area contributed by atoms with Crippen molar-refractivity contribution in [2.75, 3.05) is 13.7 Å². The molecule has 0 fully saturated rings. The number of rotatable bonds is 5. The Bertz CT molecular complexity index is 372. The molecule has 0 aliphatic heterocycles. The van der Waals surface area contributed by atoms with Crippen LogP contribution in [0.1, 0.15) is 25.3 Å². The fourth-order valence-corrected chi connectivity index (χ4v) is 1.92. The van der Waals surface area contributed by atoms with Crippen LogP contribution in [-0.2, 0) is 14.9 Å². The highest BCUT2D eigenvalue weighted by Crippen LogP contribution is 2.31. The zero-order valence-electron chi connectivity index (χ0n) is 10.2. The lowest BCUT2D eigenvalue weighted by atomic mass is 9.75. The van der Waals surface area contributed by atoms with E-state index in [-0.39, 0.29) is 18.2 Å². The van der Waals surface area contributed by atoms with Crippen LogP contribution in [0, 0.1) is 5.82 Å². The van der Waals surface area contributed by atoms with Crippen LogP contribution in [0.25, 0.3) is 0 Å². The molecule has 0 aromatic heterocycles. The van der Waals surface area contributed by atoms with E-state index in [0.29, 0.717) is 13.0 Å². The molecule has 0 aliphatic carbocycles. The minimum atomic E-state index is -0.471. The molecule has 0 radical (unpaired) electrons. The molecule has 1 aromatic rings. The van der Waals surface area contributed by atoms with E-state index in [9.17, 15) is 9.18 Å². The van der Waals surface area contributed by atoms with Crippen LogP contribution >= 0.6 is 0 Å². The molecule has 4 heteroatoms. The lowest BCUT2D eigenvalue weighted by molar-refractivity contribution is -0.142. The first-order valence-corrected chi connectivity index (χ1v) is 5.61. The van der Waals surface area contributed by atoms with Gasteiger partial charge >= 0.3 is 5.97 Å². The second kappa shape index (κ2) is 5.77. The van der Waals surface area contributed by atoms with Crippen molar-refractivity contribution in [3.8, 4) is 0 Å². The van der Waals surface area contributed by atoms with Crippen molar-refractivity contribution in [3.63, 3.8) is 0 Å². The van der Waals surface area contributed by atoms with Gasteiger partial charge in [-0.3, -0.25) is 4.79 Å². The summed E-state index contributed by atoms with van der Waals surface area (Å²) in [7, 11) is 1.35. The van der Waals surface area contributed by atoms with Crippen LogP contribution in [0.15, 0.2) is 24.3 Å². The number of benzene rings is 1. The summed E-state index contributed by atoms with van der Waals surface area (Å²) in [5.41, 5.74) is 6.19. The van der Waals surface area contributed by atoms with Gasteiger partial charge in [-0.2, -0.15) is 0 Å². The number of halogens is 1. The smallest absolute Gasteiger partial charge is 0.306 e. The second-order valence-electron chi connectivity index (χ2n) is 4.10. The molecule has 3 nitrogen and oxygen atoms in total. The van der Waals surface area contributed by atoms with Crippen molar-refractivity contribution in [2.24, 2.45) is 5.73 Å². The predicted octanol–water partition coefficient (Wildman–Crippen LogP) is 2.00. The molecule has 1 rings (SSSR count). The first-order valence-electron chi connectivity index (χ1n) is 5.61. The van der Waals surface area contributed by atoms with E-state index in [1.165, 1.54) is 19.2 Å². The first-order chi connectivity index (χ1) is 8.07. The van der Waals surface area contributed by atoms with Crippen molar-refractivity contribution < 1.29 is 13.9 Å². The number of nitrogens with two attached hydrogens (primary N) is 1. The third-order valence-corrected chi connectivity index (χ3v) is 3.23. The Morgan fingerprint density at radius 2 is 2.00 bits per heavy atom. The van der Waals surface area contributed by atoms with Gasteiger partial charge in [0.2, 0.25) is 0 Å². The molecule has 0 saturated carbocycles. The fourth-order valence-electron chi connectivity index (χ4n) is 1.92. The summed E-state index contributed by atoms with van der Waals surface area (Å²) in [5.74, 6) is -0.601. The maximum Gasteiger partial charge on any atom is 0.306 e. The van der Waals surface area contributed by atoms with Gasteiger partial charge in [0, 0.05) is 12.0 Å². The monoisotopic (exact) mass is 239 g/mol. The molecule has 1 atom stereocenters. The van der Waals surface area contributed by atoms with Crippen molar-refractivity contribution in [2.45, 2.75) is 25.2 Å². The Morgan fingerprint density at radius 1 is 1.41 bits per heavy atom. The van der Waals surface area contributed by atoms with Crippen molar-refractivity contribution in [3.05, 3.63) is 35.6 Å². The van der Waals surface area contributed by atoms with Gasteiger partial charge in [0.05, 0.1) is 13.5 Å². The average molecular weight is 239 g/mol. The number of carbonyl (C=O) groups is 1. The molecule has 1 aromatic carbocycles. The van der Waals surface area contributed by atoms with Gasteiger partial charge in [0.25, 0.3) is 0 Å². The number of hydrogen-bond donors (Lipinski definition) is 1. The largest absolute Gasteiger partial charge is 0.469 e. The molecule has 2 N–H and O–H groups in total. The van der Waals surface area contributed by atoms with Crippen molar-refractivity contribution in [1.29, 1.82) is 0 Å². The number of hydrogen-bond acceptors (Lipinski definition) is 3. The number of esters is 1. The number of carbonyl (C=O) groups excluding carboxylic acids is 1.